The molecule has 1 saturated heterocycles. The highest BCUT2D eigenvalue weighted by molar-refractivity contribution is 7.89. The number of nitrogens with one attached hydrogen (secondary N) is 1. The molecule has 0 saturated carbocycles. The lowest BCUT2D eigenvalue weighted by molar-refractivity contribution is -0.120. The van der Waals surface area contributed by atoms with E-state index in [4.69, 9.17) is 0 Å². The quantitative estimate of drug-likeness (QED) is 0.439. The molecule has 3 aromatic carbocycles. The van der Waals surface area contributed by atoms with Gasteiger partial charge in [-0.3, -0.25) is 4.79 Å². The second-order valence-electron chi connectivity index (χ2n) is 8.10. The number of hydrogen-bond donors (Lipinski definition) is 1. The van der Waals surface area contributed by atoms with Crippen molar-refractivity contribution < 1.29 is 13.2 Å². The van der Waals surface area contributed by atoms with Crippen LogP contribution in [0.4, 0.5) is 5.13 Å². The van der Waals surface area contributed by atoms with E-state index in [2.05, 4.69) is 34.6 Å². The number of thiazole rings is 1. The summed E-state index contributed by atoms with van der Waals surface area (Å²) in [5.74, 6) is -0.604. The first-order valence-electron chi connectivity index (χ1n) is 10.8. The van der Waals surface area contributed by atoms with Crippen molar-refractivity contribution in [3.8, 4) is 11.3 Å². The number of amides is 1. The fraction of sp³-hybridized carbons (Fsp3) is 0.200. The molecular formula is C25H23N3O3S2. The maximum absolute atomic E-state index is 13.0. The Morgan fingerprint density at radius 1 is 1.00 bits per heavy atom. The van der Waals surface area contributed by atoms with E-state index < -0.39 is 15.9 Å². The molecular weight excluding hydrogens is 454 g/mol. The minimum Gasteiger partial charge on any atom is -0.302 e. The normalized spacial score (nSPS) is 17.2. The Bertz CT molecular complexity index is 1400. The van der Waals surface area contributed by atoms with Crippen molar-refractivity contribution in [2.24, 2.45) is 5.92 Å². The average molecular weight is 478 g/mol. The van der Waals surface area contributed by atoms with Crippen LogP contribution < -0.4 is 5.32 Å². The number of aromatic nitrogens is 1. The summed E-state index contributed by atoms with van der Waals surface area (Å²) in [4.78, 5) is 17.8. The lowest BCUT2D eigenvalue weighted by Gasteiger charge is -2.31. The van der Waals surface area contributed by atoms with Gasteiger partial charge >= 0.3 is 0 Å². The summed E-state index contributed by atoms with van der Waals surface area (Å²) in [6.45, 7) is 0.594. The average Bonchev–Trinajstić information content (AvgIpc) is 3.33. The Kier molecular flexibility index (Phi) is 5.97. The van der Waals surface area contributed by atoms with Crippen molar-refractivity contribution >= 4 is 43.2 Å². The summed E-state index contributed by atoms with van der Waals surface area (Å²) in [6, 6.07) is 22.7. The monoisotopic (exact) mass is 477 g/mol. The van der Waals surface area contributed by atoms with Crippen LogP contribution in [0.25, 0.3) is 22.0 Å². The predicted molar refractivity (Wildman–Crippen MR) is 132 cm³/mol. The molecule has 1 aromatic heterocycles. The van der Waals surface area contributed by atoms with Crippen LogP contribution in [0.1, 0.15) is 12.8 Å². The summed E-state index contributed by atoms with van der Waals surface area (Å²) in [5.41, 5.74) is 1.79. The molecule has 1 aliphatic rings. The van der Waals surface area contributed by atoms with E-state index in [9.17, 15) is 13.2 Å². The Labute approximate surface area is 197 Å². The van der Waals surface area contributed by atoms with Crippen LogP contribution in [-0.2, 0) is 14.8 Å². The number of piperidine rings is 1. The van der Waals surface area contributed by atoms with Gasteiger partial charge in [0.2, 0.25) is 15.9 Å². The fourth-order valence-corrected chi connectivity index (χ4v) is 6.40. The van der Waals surface area contributed by atoms with Crippen molar-refractivity contribution in [1.29, 1.82) is 0 Å². The standard InChI is InChI=1S/C25H23N3O3S2/c29-24(21-9-6-14-28(16-21)33(30,31)22-10-2-1-3-11-22)27-25-26-23(17-32-25)20-13-12-18-7-4-5-8-19(18)15-20/h1-5,7-8,10-13,15,17,21H,6,9,14,16H2,(H,26,27,29). The van der Waals surface area contributed by atoms with Crippen LogP contribution in [-0.4, -0.2) is 36.7 Å². The number of carbonyl (C=O) groups excluding carboxylic acids is 1. The molecule has 1 amide bonds. The van der Waals surface area contributed by atoms with Crippen LogP contribution >= 0.6 is 11.3 Å². The molecule has 1 aliphatic heterocycles. The lowest BCUT2D eigenvalue weighted by Crippen LogP contribution is -2.43. The third-order valence-corrected chi connectivity index (χ3v) is 8.55. The zero-order chi connectivity index (χ0) is 22.8. The molecule has 0 spiro atoms. The zero-order valence-corrected chi connectivity index (χ0v) is 19.5. The third-order valence-electron chi connectivity index (χ3n) is 5.92. The molecule has 1 atom stereocenters. The van der Waals surface area contributed by atoms with Gasteiger partial charge in [0, 0.05) is 24.0 Å². The second kappa shape index (κ2) is 9.05. The van der Waals surface area contributed by atoms with Gasteiger partial charge in [0.05, 0.1) is 16.5 Å². The number of anilines is 1. The molecule has 2 heterocycles. The molecule has 1 unspecified atom stereocenters. The highest BCUT2D eigenvalue weighted by Crippen LogP contribution is 2.29. The summed E-state index contributed by atoms with van der Waals surface area (Å²) in [7, 11) is -3.61. The van der Waals surface area contributed by atoms with Crippen molar-refractivity contribution in [2.45, 2.75) is 17.7 Å². The molecule has 1 N–H and O–H groups in total. The third kappa shape index (κ3) is 4.55. The molecule has 0 aliphatic carbocycles. The number of fused-ring (bicyclic) bond motifs is 1. The molecule has 1 fully saturated rings. The topological polar surface area (TPSA) is 79.4 Å². The number of sulfonamides is 1. The van der Waals surface area contributed by atoms with Gasteiger partial charge < -0.3 is 5.32 Å². The highest BCUT2D eigenvalue weighted by Gasteiger charge is 2.33. The maximum atomic E-state index is 13.0. The second-order valence-corrected chi connectivity index (χ2v) is 10.9. The number of nitrogens with zero attached hydrogens (tertiary/aromatic N) is 2. The summed E-state index contributed by atoms with van der Waals surface area (Å²) in [6.07, 6.45) is 1.29. The summed E-state index contributed by atoms with van der Waals surface area (Å²) in [5, 5.41) is 7.64. The highest BCUT2D eigenvalue weighted by atomic mass is 32.2. The molecule has 168 valence electrons. The Morgan fingerprint density at radius 3 is 2.58 bits per heavy atom. The fourth-order valence-electron chi connectivity index (χ4n) is 4.14. The molecule has 6 nitrogen and oxygen atoms in total. The van der Waals surface area contributed by atoms with Gasteiger partial charge in [0.1, 0.15) is 0 Å². The van der Waals surface area contributed by atoms with Crippen molar-refractivity contribution in [3.05, 3.63) is 78.2 Å². The molecule has 33 heavy (non-hydrogen) atoms. The first kappa shape index (κ1) is 21.8. The Hall–Kier alpha value is -3.07. The zero-order valence-electron chi connectivity index (χ0n) is 17.8. The molecule has 8 heteroatoms. The van der Waals surface area contributed by atoms with Crippen LogP contribution in [0.15, 0.2) is 83.1 Å². The SMILES string of the molecule is O=C(Nc1nc(-c2ccc3ccccc3c2)cs1)C1CCCN(S(=O)(=O)c2ccccc2)C1. The van der Waals surface area contributed by atoms with E-state index in [0.29, 0.717) is 24.5 Å². The smallest absolute Gasteiger partial charge is 0.243 e. The minimum absolute atomic E-state index is 0.173. The van der Waals surface area contributed by atoms with Gasteiger partial charge in [0.25, 0.3) is 0 Å². The van der Waals surface area contributed by atoms with Gasteiger partial charge in [-0.1, -0.05) is 54.6 Å². The van der Waals surface area contributed by atoms with Gasteiger partial charge in [-0.05, 0) is 41.8 Å². The van der Waals surface area contributed by atoms with E-state index in [1.165, 1.54) is 15.6 Å². The molecule has 5 rings (SSSR count). The first-order chi connectivity index (χ1) is 16.0. The number of benzene rings is 3. The first-order valence-corrected chi connectivity index (χ1v) is 13.1. The number of hydrogen-bond acceptors (Lipinski definition) is 5. The van der Waals surface area contributed by atoms with Crippen molar-refractivity contribution in [1.82, 2.24) is 9.29 Å². The van der Waals surface area contributed by atoms with Crippen molar-refractivity contribution in [2.75, 3.05) is 18.4 Å². The Morgan fingerprint density at radius 2 is 1.76 bits per heavy atom. The van der Waals surface area contributed by atoms with Crippen molar-refractivity contribution in [3.63, 3.8) is 0 Å². The van der Waals surface area contributed by atoms with E-state index in [1.54, 1.807) is 30.3 Å². The van der Waals surface area contributed by atoms with E-state index in [1.807, 2.05) is 23.6 Å². The number of rotatable bonds is 5. The summed E-state index contributed by atoms with van der Waals surface area (Å²) >= 11 is 1.37. The van der Waals surface area contributed by atoms with Gasteiger partial charge in [-0.15, -0.1) is 11.3 Å². The van der Waals surface area contributed by atoms with Crippen LogP contribution in [0.5, 0.6) is 0 Å². The predicted octanol–water partition coefficient (Wildman–Crippen LogP) is 5.00. The number of carbonyl (C=O) groups is 1. The van der Waals surface area contributed by atoms with Gasteiger partial charge in [-0.2, -0.15) is 4.31 Å². The van der Waals surface area contributed by atoms with Crippen LogP contribution in [0, 0.1) is 5.92 Å². The van der Waals surface area contributed by atoms with Crippen LogP contribution in [0.2, 0.25) is 0 Å². The lowest BCUT2D eigenvalue weighted by atomic mass is 9.99. The van der Waals surface area contributed by atoms with Gasteiger partial charge in [0.15, 0.2) is 5.13 Å². The largest absolute Gasteiger partial charge is 0.302 e. The maximum Gasteiger partial charge on any atom is 0.243 e. The Balaban J connectivity index is 1.28. The molecule has 4 aromatic rings. The molecule has 0 radical (unpaired) electrons. The van der Waals surface area contributed by atoms with E-state index in [0.717, 1.165) is 22.0 Å². The van der Waals surface area contributed by atoms with Crippen LogP contribution in [0.3, 0.4) is 0 Å². The summed E-state index contributed by atoms with van der Waals surface area (Å²) < 4.78 is 27.3. The minimum atomic E-state index is -3.61. The van der Waals surface area contributed by atoms with E-state index in [-0.39, 0.29) is 17.3 Å². The van der Waals surface area contributed by atoms with E-state index >= 15 is 0 Å². The van der Waals surface area contributed by atoms with Gasteiger partial charge in [-0.25, -0.2) is 13.4 Å². The molecule has 0 bridgehead atoms.